The summed E-state index contributed by atoms with van der Waals surface area (Å²) in [5.74, 6) is -0.0299. The third kappa shape index (κ3) is 4.85. The number of nitrogens with zero attached hydrogens (tertiary/aromatic N) is 4. The lowest BCUT2D eigenvalue weighted by atomic mass is 10.2. The molecule has 1 aromatic heterocycles. The second-order valence-corrected chi connectivity index (χ2v) is 5.44. The minimum atomic E-state index is -0.348. The molecule has 6 nitrogen and oxygen atoms in total. The van der Waals surface area contributed by atoms with Gasteiger partial charge in [0.1, 0.15) is 6.04 Å². The fourth-order valence-corrected chi connectivity index (χ4v) is 2.31. The van der Waals surface area contributed by atoms with E-state index in [9.17, 15) is 4.79 Å². The van der Waals surface area contributed by atoms with Crippen LogP contribution in [0.2, 0.25) is 0 Å². The van der Waals surface area contributed by atoms with Crippen molar-refractivity contribution < 1.29 is 4.79 Å². The summed E-state index contributed by atoms with van der Waals surface area (Å²) in [6, 6.07) is 11.5. The minimum absolute atomic E-state index is 0.0299. The molecule has 0 radical (unpaired) electrons. The third-order valence-corrected chi connectivity index (χ3v) is 3.52. The Hall–Kier alpha value is -2.81. The molecule has 6 heteroatoms. The fourth-order valence-electron chi connectivity index (χ4n) is 2.31. The molecule has 1 atom stereocenters. The molecule has 2 aromatic rings. The van der Waals surface area contributed by atoms with Gasteiger partial charge in [-0.25, -0.2) is 0 Å². The van der Waals surface area contributed by atoms with Crippen molar-refractivity contribution in [2.24, 2.45) is 0 Å². The number of likely N-dealkylation sites (N-methyl/N-ethyl adjacent to an activating group) is 1. The molecule has 1 unspecified atom stereocenters. The first-order valence-electron chi connectivity index (χ1n) is 7.55. The lowest BCUT2D eigenvalue weighted by molar-refractivity contribution is -0.130. The van der Waals surface area contributed by atoms with Crippen LogP contribution in [-0.4, -0.2) is 40.2 Å². The number of amides is 1. The van der Waals surface area contributed by atoms with Crippen molar-refractivity contribution in [1.29, 1.82) is 5.26 Å². The number of anilines is 1. The molecule has 23 heavy (non-hydrogen) atoms. The molecule has 0 saturated carbocycles. The van der Waals surface area contributed by atoms with Crippen molar-refractivity contribution in [2.75, 3.05) is 18.9 Å². The lowest BCUT2D eigenvalue weighted by Crippen LogP contribution is -2.39. The van der Waals surface area contributed by atoms with Gasteiger partial charge in [0.15, 0.2) is 0 Å². The minimum Gasteiger partial charge on any atom is -0.374 e. The van der Waals surface area contributed by atoms with Crippen LogP contribution in [0.3, 0.4) is 0 Å². The number of hydrogen-bond donors (Lipinski definition) is 1. The van der Waals surface area contributed by atoms with Crippen molar-refractivity contribution in [3.05, 3.63) is 48.3 Å². The number of nitrogens with one attached hydrogen (secondary N) is 1. The summed E-state index contributed by atoms with van der Waals surface area (Å²) < 4.78 is 1.85. The molecule has 2 rings (SSSR count). The van der Waals surface area contributed by atoms with Gasteiger partial charge < -0.3 is 10.2 Å². The van der Waals surface area contributed by atoms with Gasteiger partial charge in [-0.3, -0.25) is 9.48 Å². The average molecular weight is 311 g/mol. The van der Waals surface area contributed by atoms with E-state index in [0.29, 0.717) is 19.5 Å². The molecule has 0 aliphatic heterocycles. The Morgan fingerprint density at radius 3 is 3.00 bits per heavy atom. The average Bonchev–Trinajstić information content (AvgIpc) is 3.05. The van der Waals surface area contributed by atoms with Crippen LogP contribution >= 0.6 is 0 Å². The number of nitriles is 1. The number of carbonyl (C=O) groups is 1. The molecule has 1 N–H and O–H groups in total. The maximum atomic E-state index is 12.2. The predicted octanol–water partition coefficient (Wildman–Crippen LogP) is 2.10. The first-order chi connectivity index (χ1) is 11.1. The summed E-state index contributed by atoms with van der Waals surface area (Å²) in [5, 5.41) is 16.0. The van der Waals surface area contributed by atoms with Gasteiger partial charge >= 0.3 is 0 Å². The topological polar surface area (TPSA) is 74.0 Å². The van der Waals surface area contributed by atoms with Gasteiger partial charge in [0.05, 0.1) is 19.0 Å². The number of carbonyl (C=O) groups excluding carboxylic acids is 1. The molecule has 1 heterocycles. The van der Waals surface area contributed by atoms with Crippen molar-refractivity contribution >= 4 is 11.6 Å². The van der Waals surface area contributed by atoms with Gasteiger partial charge in [0.2, 0.25) is 5.91 Å². The smallest absolute Gasteiger partial charge is 0.244 e. The number of hydrogen-bond acceptors (Lipinski definition) is 4. The van der Waals surface area contributed by atoms with E-state index < -0.39 is 0 Å². The van der Waals surface area contributed by atoms with Gasteiger partial charge in [-0.1, -0.05) is 12.1 Å². The summed E-state index contributed by atoms with van der Waals surface area (Å²) in [5.41, 5.74) is 2.00. The summed E-state index contributed by atoms with van der Waals surface area (Å²) in [6.45, 7) is 2.96. The highest BCUT2D eigenvalue weighted by atomic mass is 16.2. The van der Waals surface area contributed by atoms with Crippen LogP contribution in [0.1, 0.15) is 18.9 Å². The zero-order valence-corrected chi connectivity index (χ0v) is 13.4. The largest absolute Gasteiger partial charge is 0.374 e. The van der Waals surface area contributed by atoms with Gasteiger partial charge in [-0.2, -0.15) is 10.4 Å². The molecule has 0 fully saturated rings. The Labute approximate surface area is 136 Å². The van der Waals surface area contributed by atoms with E-state index in [1.165, 1.54) is 0 Å². The molecule has 0 bridgehead atoms. The molecule has 0 spiro atoms. The van der Waals surface area contributed by atoms with Crippen molar-refractivity contribution in [3.63, 3.8) is 0 Å². The lowest BCUT2D eigenvalue weighted by Gasteiger charge is -2.22. The van der Waals surface area contributed by atoms with Gasteiger partial charge in [-0.15, -0.1) is 0 Å². The zero-order chi connectivity index (χ0) is 16.7. The molecule has 0 aliphatic carbocycles. The molecule has 120 valence electrons. The van der Waals surface area contributed by atoms with Crippen LogP contribution in [0.15, 0.2) is 42.7 Å². The summed E-state index contributed by atoms with van der Waals surface area (Å²) in [7, 11) is 1.71. The van der Waals surface area contributed by atoms with Gasteiger partial charge in [0.25, 0.3) is 0 Å². The standard InChI is InChI=1S/C17H21N5O/c1-14(17(23)21(2)10-4-8-18)20-16-7-3-6-15(12-16)13-22-11-5-9-19-22/h3,5-7,9,11-12,14,20H,4,10,13H2,1-2H3. The summed E-state index contributed by atoms with van der Waals surface area (Å²) in [4.78, 5) is 13.8. The van der Waals surface area contributed by atoms with Crippen molar-refractivity contribution in [3.8, 4) is 6.07 Å². The van der Waals surface area contributed by atoms with E-state index in [1.807, 2.05) is 54.2 Å². The second-order valence-electron chi connectivity index (χ2n) is 5.44. The Morgan fingerprint density at radius 1 is 1.48 bits per heavy atom. The highest BCUT2D eigenvalue weighted by molar-refractivity contribution is 5.84. The van der Waals surface area contributed by atoms with E-state index >= 15 is 0 Å². The summed E-state index contributed by atoms with van der Waals surface area (Å²) >= 11 is 0. The monoisotopic (exact) mass is 311 g/mol. The maximum absolute atomic E-state index is 12.2. The van der Waals surface area contributed by atoms with E-state index in [-0.39, 0.29) is 11.9 Å². The van der Waals surface area contributed by atoms with E-state index in [2.05, 4.69) is 10.4 Å². The van der Waals surface area contributed by atoms with Crippen LogP contribution in [0.5, 0.6) is 0 Å². The molecule has 1 amide bonds. The van der Waals surface area contributed by atoms with E-state index in [4.69, 9.17) is 5.26 Å². The Balaban J connectivity index is 1.96. The number of aromatic nitrogens is 2. The molecule has 1 aromatic carbocycles. The Morgan fingerprint density at radius 2 is 2.30 bits per heavy atom. The zero-order valence-electron chi connectivity index (χ0n) is 13.4. The number of benzene rings is 1. The van der Waals surface area contributed by atoms with Crippen LogP contribution in [0, 0.1) is 11.3 Å². The third-order valence-electron chi connectivity index (χ3n) is 3.52. The molecular weight excluding hydrogens is 290 g/mol. The predicted molar refractivity (Wildman–Crippen MR) is 88.7 cm³/mol. The highest BCUT2D eigenvalue weighted by Gasteiger charge is 2.17. The quantitative estimate of drug-likeness (QED) is 0.850. The Bertz CT molecular complexity index is 675. The first kappa shape index (κ1) is 16.6. The van der Waals surface area contributed by atoms with Crippen molar-refractivity contribution in [1.82, 2.24) is 14.7 Å². The first-order valence-corrected chi connectivity index (χ1v) is 7.55. The molecule has 0 saturated heterocycles. The van der Waals surface area contributed by atoms with Gasteiger partial charge in [0, 0.05) is 31.7 Å². The van der Waals surface area contributed by atoms with Crippen LogP contribution in [0.25, 0.3) is 0 Å². The van der Waals surface area contributed by atoms with E-state index in [0.717, 1.165) is 11.3 Å². The van der Waals surface area contributed by atoms with E-state index in [1.54, 1.807) is 18.1 Å². The normalized spacial score (nSPS) is 11.5. The summed E-state index contributed by atoms with van der Waals surface area (Å²) in [6.07, 6.45) is 4.00. The Kier molecular flexibility index (Phi) is 5.75. The highest BCUT2D eigenvalue weighted by Crippen LogP contribution is 2.13. The molecule has 0 aliphatic rings. The second kappa shape index (κ2) is 7.99. The SMILES string of the molecule is CC(Nc1cccc(Cn2cccn2)c1)C(=O)N(C)CCC#N. The van der Waals surface area contributed by atoms with Crippen LogP contribution in [-0.2, 0) is 11.3 Å². The van der Waals surface area contributed by atoms with Crippen LogP contribution in [0.4, 0.5) is 5.69 Å². The van der Waals surface area contributed by atoms with Gasteiger partial charge in [-0.05, 0) is 30.7 Å². The molecular formula is C17H21N5O. The number of rotatable bonds is 7. The van der Waals surface area contributed by atoms with Crippen molar-refractivity contribution in [2.45, 2.75) is 25.9 Å². The van der Waals surface area contributed by atoms with Crippen LogP contribution < -0.4 is 5.32 Å². The fraction of sp³-hybridized carbons (Fsp3) is 0.353. The maximum Gasteiger partial charge on any atom is 0.244 e.